The summed E-state index contributed by atoms with van der Waals surface area (Å²) in [5.41, 5.74) is 14.8. The number of hydrogen-bond acceptors (Lipinski definition) is 9. The maximum Gasteiger partial charge on any atom is 0.217 e. The number of amides is 1. The van der Waals surface area contributed by atoms with Crippen LogP contribution < -0.4 is 17.2 Å². The second-order valence-corrected chi connectivity index (χ2v) is 15.9. The van der Waals surface area contributed by atoms with Crippen LogP contribution in [-0.4, -0.2) is 73.2 Å². The predicted octanol–water partition coefficient (Wildman–Crippen LogP) is 13.6. The third-order valence-corrected chi connectivity index (χ3v) is 6.56. The molecule has 12 heteroatoms. The molecule has 0 spiro atoms. The van der Waals surface area contributed by atoms with Crippen LogP contribution in [0.15, 0.2) is 0 Å². The van der Waals surface area contributed by atoms with Gasteiger partial charge in [0.15, 0.2) is 0 Å². The van der Waals surface area contributed by atoms with Gasteiger partial charge in [-0.1, -0.05) is 175 Å². The van der Waals surface area contributed by atoms with Crippen molar-refractivity contribution in [3.63, 3.8) is 0 Å². The van der Waals surface area contributed by atoms with Crippen LogP contribution in [0.5, 0.6) is 0 Å². The Bertz CT molecular complexity index is 785. The first-order chi connectivity index (χ1) is 27.9. The van der Waals surface area contributed by atoms with Gasteiger partial charge in [-0.25, -0.2) is 8.42 Å². The van der Waals surface area contributed by atoms with E-state index in [-0.39, 0.29) is 31.8 Å². The van der Waals surface area contributed by atoms with Gasteiger partial charge < -0.3 is 37.0 Å². The summed E-state index contributed by atoms with van der Waals surface area (Å²) in [4.78, 5) is 29.8. The zero-order chi connectivity index (χ0) is 50.7. The fourth-order valence-electron chi connectivity index (χ4n) is 2.57. The lowest BCUT2D eigenvalue weighted by Crippen LogP contribution is -2.08. The molecular weight excluding hydrogens is 789 g/mol. The van der Waals surface area contributed by atoms with Crippen molar-refractivity contribution in [2.75, 3.05) is 25.2 Å². The minimum atomic E-state index is -2.67. The van der Waals surface area contributed by atoms with E-state index in [1.807, 2.05) is 27.7 Å². The minimum absolute atomic E-state index is 0. The Labute approximate surface area is 386 Å². The highest BCUT2D eigenvalue weighted by Gasteiger charge is 1.95. The molecule has 0 aliphatic heterocycles. The summed E-state index contributed by atoms with van der Waals surface area (Å²) in [6, 6.07) is 0. The number of carbonyl (C=O) groups excluding carboxylic acids is 3. The summed E-state index contributed by atoms with van der Waals surface area (Å²) < 4.78 is 20.5. The number of rotatable bonds is 18. The second kappa shape index (κ2) is 107. The predicted molar refractivity (Wildman–Crippen MR) is 280 cm³/mol. The Morgan fingerprint density at radius 1 is 0.574 bits per heavy atom. The summed E-state index contributed by atoms with van der Waals surface area (Å²) in [5, 5.41) is 22.5. The molecule has 0 fully saturated rings. The summed E-state index contributed by atoms with van der Waals surface area (Å²) in [7, 11) is -2.67. The first-order valence-electron chi connectivity index (χ1n) is 23.7. The SMILES string of the molecule is C.CC.CC(C)O.CCC.CCC(N)=O.CCCC(C)=O.CCCCC.CCCCC(C)=O.CCCCCC.CCCCCC(=N)N.CCCN.CCCS(C)(=O)=O.CCO. The first-order valence-corrected chi connectivity index (χ1v) is 25.8. The number of Topliss-reactive ketones (excluding diaryl/α,β-unsaturated/α-hetero) is 2. The van der Waals surface area contributed by atoms with Crippen LogP contribution in [0.4, 0.5) is 0 Å². The van der Waals surface area contributed by atoms with Gasteiger partial charge in [-0.3, -0.25) is 10.2 Å². The lowest BCUT2D eigenvalue weighted by Gasteiger charge is -1.93. The van der Waals surface area contributed by atoms with Gasteiger partial charge in [0.1, 0.15) is 21.4 Å². The zero-order valence-corrected chi connectivity index (χ0v) is 45.2. The number of carbonyl (C=O) groups is 3. The number of primary amides is 1. The van der Waals surface area contributed by atoms with Gasteiger partial charge in [0.05, 0.1) is 5.84 Å². The third kappa shape index (κ3) is 374. The smallest absolute Gasteiger partial charge is 0.217 e. The minimum Gasteiger partial charge on any atom is -0.397 e. The van der Waals surface area contributed by atoms with Gasteiger partial charge in [0, 0.05) is 50.4 Å². The highest BCUT2D eigenvalue weighted by molar-refractivity contribution is 7.90. The van der Waals surface area contributed by atoms with Crippen molar-refractivity contribution in [2.24, 2.45) is 17.2 Å². The summed E-state index contributed by atoms with van der Waals surface area (Å²) in [5.74, 6) is 0.982. The van der Waals surface area contributed by atoms with Crippen molar-refractivity contribution in [1.29, 1.82) is 5.41 Å². The van der Waals surface area contributed by atoms with Crippen molar-refractivity contribution in [1.82, 2.24) is 0 Å². The van der Waals surface area contributed by atoms with Crippen LogP contribution in [0.1, 0.15) is 267 Å². The van der Waals surface area contributed by atoms with Gasteiger partial charge in [-0.15, -0.1) is 0 Å². The third-order valence-electron chi connectivity index (χ3n) is 5.41. The Hall–Kier alpha value is -1.89. The number of aliphatic hydroxyl groups excluding tert-OH is 2. The van der Waals surface area contributed by atoms with Crippen LogP contribution in [0.2, 0.25) is 0 Å². The van der Waals surface area contributed by atoms with Gasteiger partial charge in [-0.05, 0) is 73.3 Å². The Balaban J connectivity index is -0.0000000380. The van der Waals surface area contributed by atoms with Crippen LogP contribution in [-0.2, 0) is 24.2 Å². The van der Waals surface area contributed by atoms with Crippen molar-refractivity contribution < 1.29 is 33.0 Å². The molecule has 11 nitrogen and oxygen atoms in total. The Morgan fingerprint density at radius 2 is 0.836 bits per heavy atom. The lowest BCUT2D eigenvalue weighted by molar-refractivity contribution is -0.118. The number of sulfone groups is 1. The molecular formula is C49H120N4O7S. The van der Waals surface area contributed by atoms with Crippen LogP contribution in [0.3, 0.4) is 0 Å². The van der Waals surface area contributed by atoms with E-state index in [9.17, 15) is 22.8 Å². The van der Waals surface area contributed by atoms with E-state index in [2.05, 4.69) is 68.0 Å². The summed E-state index contributed by atoms with van der Waals surface area (Å²) in [6.45, 7) is 38.4. The van der Waals surface area contributed by atoms with Crippen molar-refractivity contribution in [3.8, 4) is 0 Å². The molecule has 0 bridgehead atoms. The molecule has 0 aromatic heterocycles. The van der Waals surface area contributed by atoms with Gasteiger partial charge in [-0.2, -0.15) is 0 Å². The molecule has 0 saturated carbocycles. The number of amidine groups is 1. The number of aliphatic hydroxyl groups is 2. The van der Waals surface area contributed by atoms with Crippen molar-refractivity contribution in [3.05, 3.63) is 0 Å². The molecule has 0 rings (SSSR count). The number of nitrogens with one attached hydrogen (secondary N) is 1. The zero-order valence-electron chi connectivity index (χ0n) is 44.4. The molecule has 0 aromatic rings. The van der Waals surface area contributed by atoms with E-state index in [1.165, 1.54) is 70.5 Å². The maximum atomic E-state index is 10.2. The topological polar surface area (TPSA) is 228 Å². The molecule has 0 atom stereocenters. The fraction of sp³-hybridized carbons (Fsp3) is 0.918. The molecule has 0 heterocycles. The normalized spacial score (nSPS) is 8.33. The van der Waals surface area contributed by atoms with E-state index in [0.717, 1.165) is 64.3 Å². The highest BCUT2D eigenvalue weighted by atomic mass is 32.2. The van der Waals surface area contributed by atoms with Crippen LogP contribution in [0.25, 0.3) is 0 Å². The van der Waals surface area contributed by atoms with Gasteiger partial charge in [0.2, 0.25) is 5.91 Å². The van der Waals surface area contributed by atoms with Gasteiger partial charge in [0.25, 0.3) is 0 Å². The molecule has 0 unspecified atom stereocenters. The lowest BCUT2D eigenvalue weighted by atomic mass is 10.2. The van der Waals surface area contributed by atoms with E-state index >= 15 is 0 Å². The van der Waals surface area contributed by atoms with Crippen LogP contribution >= 0.6 is 0 Å². The number of unbranched alkanes of at least 4 members (excludes halogenated alkanes) is 8. The maximum absolute atomic E-state index is 10.2. The molecule has 9 N–H and O–H groups in total. The van der Waals surface area contributed by atoms with E-state index < -0.39 is 9.84 Å². The summed E-state index contributed by atoms with van der Waals surface area (Å²) >= 11 is 0. The fourth-order valence-corrected chi connectivity index (χ4v) is 3.31. The quantitative estimate of drug-likeness (QED) is 0.0436. The molecule has 0 aromatic carbocycles. The largest absolute Gasteiger partial charge is 0.397 e. The van der Waals surface area contributed by atoms with Crippen molar-refractivity contribution in [2.45, 2.75) is 273 Å². The average molecular weight is 910 g/mol. The Kier molecular flexibility index (Phi) is 164. The molecule has 1 amide bonds. The van der Waals surface area contributed by atoms with Gasteiger partial charge >= 0.3 is 0 Å². The van der Waals surface area contributed by atoms with E-state index in [4.69, 9.17) is 27.1 Å². The monoisotopic (exact) mass is 909 g/mol. The number of ketones is 2. The highest BCUT2D eigenvalue weighted by Crippen LogP contribution is 1.97. The van der Waals surface area contributed by atoms with Crippen LogP contribution in [0, 0.1) is 5.41 Å². The molecule has 61 heavy (non-hydrogen) atoms. The number of hydrogen-bond donors (Lipinski definition) is 6. The molecule has 384 valence electrons. The Morgan fingerprint density at radius 3 is 0.918 bits per heavy atom. The van der Waals surface area contributed by atoms with E-state index in [0.29, 0.717) is 23.8 Å². The molecule has 0 aliphatic rings. The molecule has 0 radical (unpaired) electrons. The first kappa shape index (κ1) is 93.9. The second-order valence-electron chi connectivity index (χ2n) is 13.7. The summed E-state index contributed by atoms with van der Waals surface area (Å²) in [6.07, 6.45) is 23.1. The molecule has 0 saturated heterocycles. The molecule has 0 aliphatic carbocycles. The standard InChI is InChI=1S/C6H14N2.C6H12O.C6H14.C5H10O.C5H12.C4H10O2S.C3H7NO.C3H9N.C3H8O.C3H8.C2H6O.C2H6.CH4/c1-2-3-4-5-6(7)8;1-3-4-5-6(2)7;1-3-5-6-4-2;1-3-4-5(2)6;1-3-5-4-2;1-3-4-7(2,5)6;1-2-3(4)5;1-2-3-4;1-3(2)4;1-3-2;1-2-3;1-2;/h2-5H2,1H3,(H3,7,8);3-5H2,1-2H3;3-6H2,1-2H3;3-4H2,1-2H3;3-5H2,1-2H3;3-4H2,1-2H3;2H2,1H3,(H2,4,5);2-4H2,1H3;3-4H,1-2H3;3H2,1-2H3;3H,2H2,1H3;1-2H3;1H4. The van der Waals surface area contributed by atoms with Crippen molar-refractivity contribution >= 4 is 33.1 Å². The van der Waals surface area contributed by atoms with E-state index in [1.54, 1.807) is 41.5 Å². The number of nitrogens with two attached hydrogens (primary N) is 3. The average Bonchev–Trinajstić information content (AvgIpc) is 3.16.